The molecule has 0 aromatic carbocycles. The van der Waals surface area contributed by atoms with Crippen LogP contribution in [0.25, 0.3) is 0 Å². The molecule has 1 fully saturated rings. The van der Waals surface area contributed by atoms with Crippen molar-refractivity contribution in [3.05, 3.63) is 0 Å². The Morgan fingerprint density at radius 2 is 2.20 bits per heavy atom. The Labute approximate surface area is 91.0 Å². The van der Waals surface area contributed by atoms with E-state index >= 15 is 0 Å². The maximum Gasteiger partial charge on any atom is 0.223 e. The normalized spacial score (nSPS) is 19.9. The van der Waals surface area contributed by atoms with Crippen LogP contribution in [0.4, 0.5) is 0 Å². The van der Waals surface area contributed by atoms with Crippen LogP contribution in [-0.4, -0.2) is 37.4 Å². The van der Waals surface area contributed by atoms with Gasteiger partial charge in [0.1, 0.15) is 0 Å². The molecular formula is C11H21NO3. The summed E-state index contributed by atoms with van der Waals surface area (Å²) in [5, 5.41) is 11.7. The second kappa shape index (κ2) is 6.80. The average Bonchev–Trinajstić information content (AvgIpc) is 2.27. The van der Waals surface area contributed by atoms with Crippen LogP contribution in [0.5, 0.6) is 0 Å². The van der Waals surface area contributed by atoms with E-state index in [1.807, 2.05) is 6.92 Å². The van der Waals surface area contributed by atoms with Crippen LogP contribution in [0.1, 0.15) is 26.2 Å². The van der Waals surface area contributed by atoms with E-state index in [4.69, 9.17) is 9.84 Å². The van der Waals surface area contributed by atoms with E-state index in [-0.39, 0.29) is 18.4 Å². The molecule has 88 valence electrons. The van der Waals surface area contributed by atoms with Crippen molar-refractivity contribution < 1.29 is 14.6 Å². The monoisotopic (exact) mass is 215 g/mol. The SMILES string of the molecule is CC(CCO)CNC(=O)C1CCOCC1. The van der Waals surface area contributed by atoms with Crippen LogP contribution in [0.3, 0.4) is 0 Å². The minimum Gasteiger partial charge on any atom is -0.396 e. The summed E-state index contributed by atoms with van der Waals surface area (Å²) in [6.07, 6.45) is 2.41. The smallest absolute Gasteiger partial charge is 0.223 e. The molecule has 15 heavy (non-hydrogen) atoms. The number of nitrogens with one attached hydrogen (secondary N) is 1. The van der Waals surface area contributed by atoms with Crippen molar-refractivity contribution in [2.45, 2.75) is 26.2 Å². The summed E-state index contributed by atoms with van der Waals surface area (Å²) in [6, 6.07) is 0. The Hall–Kier alpha value is -0.610. The molecule has 0 saturated carbocycles. The zero-order chi connectivity index (χ0) is 11.1. The highest BCUT2D eigenvalue weighted by atomic mass is 16.5. The Kier molecular flexibility index (Phi) is 5.65. The van der Waals surface area contributed by atoms with E-state index in [0.717, 1.165) is 19.3 Å². The third-order valence-corrected chi connectivity index (χ3v) is 2.84. The zero-order valence-corrected chi connectivity index (χ0v) is 9.37. The highest BCUT2D eigenvalue weighted by Gasteiger charge is 2.21. The Bertz CT molecular complexity index is 190. The predicted octanol–water partition coefficient (Wildman–Crippen LogP) is 0.548. The highest BCUT2D eigenvalue weighted by molar-refractivity contribution is 5.78. The van der Waals surface area contributed by atoms with Gasteiger partial charge in [-0.25, -0.2) is 0 Å². The van der Waals surface area contributed by atoms with Gasteiger partial charge in [0.15, 0.2) is 0 Å². The van der Waals surface area contributed by atoms with Crippen molar-refractivity contribution in [2.24, 2.45) is 11.8 Å². The molecule has 1 unspecified atom stereocenters. The number of carbonyl (C=O) groups excluding carboxylic acids is 1. The number of aliphatic hydroxyl groups is 1. The molecule has 1 saturated heterocycles. The second-order valence-corrected chi connectivity index (χ2v) is 4.25. The molecule has 0 aromatic rings. The maximum absolute atomic E-state index is 11.7. The molecule has 2 N–H and O–H groups in total. The van der Waals surface area contributed by atoms with Crippen LogP contribution >= 0.6 is 0 Å². The van der Waals surface area contributed by atoms with Crippen molar-refractivity contribution >= 4 is 5.91 Å². The minimum absolute atomic E-state index is 0.125. The number of aliphatic hydroxyl groups excluding tert-OH is 1. The molecule has 4 heteroatoms. The molecule has 0 spiro atoms. The van der Waals surface area contributed by atoms with Crippen LogP contribution in [-0.2, 0) is 9.53 Å². The van der Waals surface area contributed by atoms with Crippen LogP contribution < -0.4 is 5.32 Å². The molecule has 0 radical (unpaired) electrons. The summed E-state index contributed by atoms with van der Waals surface area (Å²) in [6.45, 7) is 4.28. The van der Waals surface area contributed by atoms with Gasteiger partial charge in [0.2, 0.25) is 5.91 Å². The van der Waals surface area contributed by atoms with Gasteiger partial charge in [0, 0.05) is 32.3 Å². The van der Waals surface area contributed by atoms with Gasteiger partial charge in [-0.2, -0.15) is 0 Å². The van der Waals surface area contributed by atoms with Crippen molar-refractivity contribution in [2.75, 3.05) is 26.4 Å². The molecule has 0 aromatic heterocycles. The number of rotatable bonds is 5. The van der Waals surface area contributed by atoms with Crippen molar-refractivity contribution in [1.29, 1.82) is 0 Å². The lowest BCUT2D eigenvalue weighted by Crippen LogP contribution is -2.36. The van der Waals surface area contributed by atoms with Gasteiger partial charge in [-0.05, 0) is 25.2 Å². The molecule has 0 aliphatic carbocycles. The van der Waals surface area contributed by atoms with E-state index in [1.165, 1.54) is 0 Å². The topological polar surface area (TPSA) is 58.6 Å². The summed E-state index contributed by atoms with van der Waals surface area (Å²) < 4.78 is 5.20. The second-order valence-electron chi connectivity index (χ2n) is 4.25. The van der Waals surface area contributed by atoms with E-state index in [2.05, 4.69) is 5.32 Å². The lowest BCUT2D eigenvalue weighted by Gasteiger charge is -2.22. The van der Waals surface area contributed by atoms with Gasteiger partial charge in [-0.1, -0.05) is 6.92 Å². The first-order chi connectivity index (χ1) is 7.24. The van der Waals surface area contributed by atoms with Crippen LogP contribution in [0.15, 0.2) is 0 Å². The van der Waals surface area contributed by atoms with Gasteiger partial charge in [0.25, 0.3) is 0 Å². The van der Waals surface area contributed by atoms with Crippen LogP contribution in [0.2, 0.25) is 0 Å². The first kappa shape index (κ1) is 12.5. The standard InChI is InChI=1S/C11H21NO3/c1-9(2-5-13)8-12-11(14)10-3-6-15-7-4-10/h9-10,13H,2-8H2,1H3,(H,12,14). The molecule has 1 atom stereocenters. The molecular weight excluding hydrogens is 194 g/mol. The molecule has 1 rings (SSSR count). The molecule has 4 nitrogen and oxygen atoms in total. The number of ether oxygens (including phenoxy) is 1. The maximum atomic E-state index is 11.7. The van der Waals surface area contributed by atoms with Gasteiger partial charge < -0.3 is 15.2 Å². The average molecular weight is 215 g/mol. The summed E-state index contributed by atoms with van der Waals surface area (Å²) in [5.74, 6) is 0.613. The van der Waals surface area contributed by atoms with Gasteiger partial charge in [0.05, 0.1) is 0 Å². The molecule has 1 aliphatic rings. The number of hydrogen-bond acceptors (Lipinski definition) is 3. The summed E-state index contributed by atoms with van der Waals surface area (Å²) in [5.41, 5.74) is 0. The Balaban J connectivity index is 2.16. The van der Waals surface area contributed by atoms with Crippen LogP contribution in [0, 0.1) is 11.8 Å². The summed E-state index contributed by atoms with van der Waals surface area (Å²) in [4.78, 5) is 11.7. The Morgan fingerprint density at radius 1 is 1.53 bits per heavy atom. The third kappa shape index (κ3) is 4.62. The van der Waals surface area contributed by atoms with E-state index < -0.39 is 0 Å². The van der Waals surface area contributed by atoms with Gasteiger partial charge in [-0.15, -0.1) is 0 Å². The van der Waals surface area contributed by atoms with Crippen molar-refractivity contribution in [3.8, 4) is 0 Å². The third-order valence-electron chi connectivity index (χ3n) is 2.84. The van der Waals surface area contributed by atoms with E-state index in [1.54, 1.807) is 0 Å². The first-order valence-electron chi connectivity index (χ1n) is 5.70. The van der Waals surface area contributed by atoms with Crippen molar-refractivity contribution in [1.82, 2.24) is 5.32 Å². The fraction of sp³-hybridized carbons (Fsp3) is 0.909. The lowest BCUT2D eigenvalue weighted by atomic mass is 9.99. The lowest BCUT2D eigenvalue weighted by molar-refractivity contribution is -0.128. The first-order valence-corrected chi connectivity index (χ1v) is 5.70. The predicted molar refractivity (Wildman–Crippen MR) is 57.4 cm³/mol. The number of hydrogen-bond donors (Lipinski definition) is 2. The summed E-state index contributed by atoms with van der Waals surface area (Å²) >= 11 is 0. The fourth-order valence-corrected chi connectivity index (χ4v) is 1.70. The van der Waals surface area contributed by atoms with Crippen molar-refractivity contribution in [3.63, 3.8) is 0 Å². The minimum atomic E-state index is 0.125. The fourth-order valence-electron chi connectivity index (χ4n) is 1.70. The highest BCUT2D eigenvalue weighted by Crippen LogP contribution is 2.14. The van der Waals surface area contributed by atoms with E-state index in [0.29, 0.717) is 25.7 Å². The molecule has 1 amide bonds. The zero-order valence-electron chi connectivity index (χ0n) is 9.37. The number of amides is 1. The quantitative estimate of drug-likeness (QED) is 0.704. The van der Waals surface area contributed by atoms with Gasteiger partial charge >= 0.3 is 0 Å². The molecule has 0 bridgehead atoms. The largest absolute Gasteiger partial charge is 0.396 e. The number of carbonyl (C=O) groups is 1. The van der Waals surface area contributed by atoms with E-state index in [9.17, 15) is 4.79 Å². The van der Waals surface area contributed by atoms with Gasteiger partial charge in [-0.3, -0.25) is 4.79 Å². The molecule has 1 aliphatic heterocycles. The molecule has 1 heterocycles. The summed E-state index contributed by atoms with van der Waals surface area (Å²) in [7, 11) is 0. The Morgan fingerprint density at radius 3 is 2.80 bits per heavy atom.